The molecule has 0 aromatic heterocycles. The van der Waals surface area contributed by atoms with Crippen molar-refractivity contribution in [3.8, 4) is 0 Å². The molecule has 0 bridgehead atoms. The van der Waals surface area contributed by atoms with Crippen LogP contribution in [0, 0.1) is 11.8 Å². The molecule has 0 nitrogen and oxygen atoms in total. The number of unbranched alkanes of at least 4 members (excludes halogenated alkanes) is 12. The van der Waals surface area contributed by atoms with Gasteiger partial charge < -0.3 is 0 Å². The summed E-state index contributed by atoms with van der Waals surface area (Å²) >= 11 is 0. The van der Waals surface area contributed by atoms with Gasteiger partial charge in [-0.25, -0.2) is 0 Å². The van der Waals surface area contributed by atoms with Crippen LogP contribution in [0.4, 0.5) is 0 Å². The molecular weight excluding hydrogens is 264 g/mol. The lowest BCUT2D eigenvalue weighted by molar-refractivity contribution is 0.466. The Morgan fingerprint density at radius 3 is 1.45 bits per heavy atom. The van der Waals surface area contributed by atoms with E-state index >= 15 is 0 Å². The van der Waals surface area contributed by atoms with Crippen molar-refractivity contribution >= 4 is 0 Å². The second kappa shape index (κ2) is 17.4. The first-order valence-electron chi connectivity index (χ1n) is 10.5. The molecule has 22 heavy (non-hydrogen) atoms. The highest BCUT2D eigenvalue weighted by Crippen LogP contribution is 2.25. The van der Waals surface area contributed by atoms with Crippen molar-refractivity contribution in [2.24, 2.45) is 5.92 Å². The summed E-state index contributed by atoms with van der Waals surface area (Å²) in [4.78, 5) is 0. The van der Waals surface area contributed by atoms with Gasteiger partial charge in [0.15, 0.2) is 0 Å². The summed E-state index contributed by atoms with van der Waals surface area (Å²) in [7, 11) is 0. The highest BCUT2D eigenvalue weighted by Gasteiger charge is 2.11. The molecule has 0 aromatic carbocycles. The predicted molar refractivity (Wildman–Crippen MR) is 103 cm³/mol. The van der Waals surface area contributed by atoms with E-state index in [2.05, 4.69) is 27.7 Å². The minimum atomic E-state index is 0.856. The summed E-state index contributed by atoms with van der Waals surface area (Å²) in [5.41, 5.74) is 0. The average Bonchev–Trinajstić information content (AvgIpc) is 2.53. The van der Waals surface area contributed by atoms with Crippen molar-refractivity contribution < 1.29 is 0 Å². The number of rotatable bonds is 17. The molecule has 0 spiro atoms. The minimum Gasteiger partial charge on any atom is -0.0654 e. The third-order valence-corrected chi connectivity index (χ3v) is 5.26. The van der Waals surface area contributed by atoms with Crippen molar-refractivity contribution in [2.45, 2.75) is 130 Å². The van der Waals surface area contributed by atoms with Gasteiger partial charge >= 0.3 is 0 Å². The van der Waals surface area contributed by atoms with Gasteiger partial charge in [0.05, 0.1) is 0 Å². The Bertz CT molecular complexity index is 196. The molecule has 0 aromatic rings. The van der Waals surface area contributed by atoms with E-state index < -0.39 is 0 Å². The standard InChI is InChI=1S/C22H45/c1-5-7-9-10-11-12-13-14-15-16-17-18-20-22(4)21(3)19-8-6-2/h22H,5-20H2,1-4H3. The van der Waals surface area contributed by atoms with Crippen LogP contribution >= 0.6 is 0 Å². The lowest BCUT2D eigenvalue weighted by Gasteiger charge is -2.18. The third-order valence-electron chi connectivity index (χ3n) is 5.26. The van der Waals surface area contributed by atoms with Gasteiger partial charge in [-0.15, -0.1) is 0 Å². The molecule has 1 unspecified atom stereocenters. The van der Waals surface area contributed by atoms with Crippen LogP contribution in [0.3, 0.4) is 0 Å². The van der Waals surface area contributed by atoms with Gasteiger partial charge in [0.25, 0.3) is 0 Å². The molecule has 0 amide bonds. The normalized spacial score (nSPS) is 13.0. The highest BCUT2D eigenvalue weighted by atomic mass is 14.2. The molecule has 0 heterocycles. The molecule has 0 N–H and O–H groups in total. The molecule has 0 fully saturated rings. The van der Waals surface area contributed by atoms with E-state index in [0.29, 0.717) is 0 Å². The number of hydrogen-bond donors (Lipinski definition) is 0. The second-order valence-corrected chi connectivity index (χ2v) is 7.53. The molecule has 0 aliphatic rings. The van der Waals surface area contributed by atoms with Gasteiger partial charge in [-0.3, -0.25) is 0 Å². The SMILES string of the molecule is CCCCCCCCCCCCCCC(C)[C](C)CCCC. The molecule has 0 heteroatoms. The largest absolute Gasteiger partial charge is 0.0654 e. The van der Waals surface area contributed by atoms with E-state index in [-0.39, 0.29) is 0 Å². The number of hydrogen-bond acceptors (Lipinski definition) is 0. The summed E-state index contributed by atoms with van der Waals surface area (Å²) in [6.07, 6.45) is 23.0. The van der Waals surface area contributed by atoms with Crippen LogP contribution < -0.4 is 0 Å². The molecule has 0 saturated carbocycles. The van der Waals surface area contributed by atoms with Crippen LogP contribution in [0.25, 0.3) is 0 Å². The maximum Gasteiger partial charge on any atom is -0.0244 e. The zero-order valence-electron chi connectivity index (χ0n) is 16.4. The van der Waals surface area contributed by atoms with E-state index in [1.165, 1.54) is 103 Å². The summed E-state index contributed by atoms with van der Waals surface area (Å²) in [6.45, 7) is 9.40. The van der Waals surface area contributed by atoms with Gasteiger partial charge in [0, 0.05) is 0 Å². The second-order valence-electron chi connectivity index (χ2n) is 7.53. The van der Waals surface area contributed by atoms with Crippen molar-refractivity contribution in [1.29, 1.82) is 0 Å². The molecule has 1 radical (unpaired) electrons. The first-order valence-corrected chi connectivity index (χ1v) is 10.5. The maximum atomic E-state index is 2.43. The molecule has 0 rings (SSSR count). The Balaban J connectivity index is 3.19. The summed E-state index contributed by atoms with van der Waals surface area (Å²) in [5.74, 6) is 2.60. The molecule has 0 saturated heterocycles. The quantitative estimate of drug-likeness (QED) is 0.236. The Morgan fingerprint density at radius 2 is 1.00 bits per heavy atom. The zero-order valence-corrected chi connectivity index (χ0v) is 16.4. The maximum absolute atomic E-state index is 2.43. The highest BCUT2D eigenvalue weighted by molar-refractivity contribution is 4.89. The Kier molecular flexibility index (Phi) is 17.4. The monoisotopic (exact) mass is 309 g/mol. The topological polar surface area (TPSA) is 0 Å². The average molecular weight is 310 g/mol. The Morgan fingerprint density at radius 1 is 0.591 bits per heavy atom. The van der Waals surface area contributed by atoms with E-state index in [0.717, 1.165) is 5.92 Å². The summed E-state index contributed by atoms with van der Waals surface area (Å²) in [6, 6.07) is 0. The fraction of sp³-hybridized carbons (Fsp3) is 0.955. The first-order chi connectivity index (χ1) is 10.7. The van der Waals surface area contributed by atoms with E-state index in [4.69, 9.17) is 0 Å². The van der Waals surface area contributed by atoms with Crippen LogP contribution in [0.5, 0.6) is 0 Å². The van der Waals surface area contributed by atoms with Crippen LogP contribution in [0.2, 0.25) is 0 Å². The fourth-order valence-electron chi connectivity index (χ4n) is 3.24. The molecular formula is C22H45. The van der Waals surface area contributed by atoms with Gasteiger partial charge in [-0.05, 0) is 18.3 Å². The first kappa shape index (κ1) is 22.0. The van der Waals surface area contributed by atoms with Gasteiger partial charge in [-0.2, -0.15) is 0 Å². The lowest BCUT2D eigenvalue weighted by atomic mass is 9.87. The van der Waals surface area contributed by atoms with Crippen LogP contribution in [0.15, 0.2) is 0 Å². The molecule has 0 aliphatic carbocycles. The smallest absolute Gasteiger partial charge is 0.0244 e. The van der Waals surface area contributed by atoms with Gasteiger partial charge in [-0.1, -0.05) is 124 Å². The zero-order chi connectivity index (χ0) is 16.5. The molecule has 133 valence electrons. The van der Waals surface area contributed by atoms with Crippen molar-refractivity contribution in [3.05, 3.63) is 5.92 Å². The fourth-order valence-corrected chi connectivity index (χ4v) is 3.24. The van der Waals surface area contributed by atoms with Crippen LogP contribution in [-0.2, 0) is 0 Å². The minimum absolute atomic E-state index is 0.856. The van der Waals surface area contributed by atoms with Crippen LogP contribution in [-0.4, -0.2) is 0 Å². The van der Waals surface area contributed by atoms with Crippen molar-refractivity contribution in [1.82, 2.24) is 0 Å². The van der Waals surface area contributed by atoms with Crippen molar-refractivity contribution in [3.63, 3.8) is 0 Å². The summed E-state index contributed by atoms with van der Waals surface area (Å²) < 4.78 is 0. The van der Waals surface area contributed by atoms with Gasteiger partial charge in [0.2, 0.25) is 0 Å². The molecule has 0 aliphatic heterocycles. The van der Waals surface area contributed by atoms with Gasteiger partial charge in [0.1, 0.15) is 0 Å². The summed E-state index contributed by atoms with van der Waals surface area (Å²) in [5, 5.41) is 0. The predicted octanol–water partition coefficient (Wildman–Crippen LogP) is 8.50. The Hall–Kier alpha value is 0. The third kappa shape index (κ3) is 14.9. The lowest BCUT2D eigenvalue weighted by Crippen LogP contribution is -2.05. The van der Waals surface area contributed by atoms with E-state index in [1.54, 1.807) is 5.92 Å². The van der Waals surface area contributed by atoms with Crippen LogP contribution in [0.1, 0.15) is 130 Å². The Labute approximate surface area is 142 Å². The van der Waals surface area contributed by atoms with E-state index in [9.17, 15) is 0 Å². The molecule has 1 atom stereocenters. The van der Waals surface area contributed by atoms with Crippen molar-refractivity contribution in [2.75, 3.05) is 0 Å². The van der Waals surface area contributed by atoms with E-state index in [1.807, 2.05) is 0 Å².